The van der Waals surface area contributed by atoms with Gasteiger partial charge in [-0.2, -0.15) is 5.10 Å². The van der Waals surface area contributed by atoms with Crippen LogP contribution in [0.5, 0.6) is 0 Å². The van der Waals surface area contributed by atoms with Crippen molar-refractivity contribution in [2.24, 2.45) is 12.0 Å². The number of amidine groups is 1. The Morgan fingerprint density at radius 1 is 1.15 bits per heavy atom. The number of nitrogens with one attached hydrogen (secondary N) is 1. The Labute approximate surface area is 193 Å². The summed E-state index contributed by atoms with van der Waals surface area (Å²) in [5.74, 6) is 1.18. The third-order valence-electron chi connectivity index (χ3n) is 5.28. The molecule has 3 N–H and O–H groups in total. The Bertz CT molecular complexity index is 1100. The molecule has 1 atom stereocenters. The predicted octanol–water partition coefficient (Wildman–Crippen LogP) is 2.09. The zero-order chi connectivity index (χ0) is 23.8. The number of rotatable bonds is 2. The predicted molar refractivity (Wildman–Crippen MR) is 128 cm³/mol. The topological polar surface area (TPSA) is 116 Å². The zero-order valence-corrected chi connectivity index (χ0v) is 19.1. The molecule has 3 aromatic rings. The van der Waals surface area contributed by atoms with Gasteiger partial charge in [0.15, 0.2) is 0 Å². The van der Waals surface area contributed by atoms with Crippen LogP contribution in [0, 0.1) is 0 Å². The summed E-state index contributed by atoms with van der Waals surface area (Å²) in [6.07, 6.45) is 6.59. The highest BCUT2D eigenvalue weighted by Gasteiger charge is 2.32. The number of para-hydroxylation sites is 1. The van der Waals surface area contributed by atoms with Crippen LogP contribution >= 0.6 is 0 Å². The fourth-order valence-electron chi connectivity index (χ4n) is 3.63. The maximum Gasteiger partial charge on any atom is 0.256 e. The van der Waals surface area contributed by atoms with Gasteiger partial charge in [0.25, 0.3) is 5.91 Å². The van der Waals surface area contributed by atoms with E-state index in [2.05, 4.69) is 20.4 Å². The van der Waals surface area contributed by atoms with Gasteiger partial charge < -0.3 is 20.4 Å². The molecule has 0 spiro atoms. The Balaban J connectivity index is 0.000000329. The number of aryl methyl sites for hydroxylation is 1. The molecule has 2 aromatic heterocycles. The summed E-state index contributed by atoms with van der Waals surface area (Å²) in [7, 11) is 2.89. The lowest BCUT2D eigenvalue weighted by Gasteiger charge is -2.20. The molecule has 1 saturated heterocycles. The van der Waals surface area contributed by atoms with Crippen molar-refractivity contribution in [2.75, 3.05) is 25.1 Å². The van der Waals surface area contributed by atoms with Crippen molar-refractivity contribution in [3.63, 3.8) is 0 Å². The summed E-state index contributed by atoms with van der Waals surface area (Å²) in [6.45, 7) is 3.07. The van der Waals surface area contributed by atoms with Crippen LogP contribution in [0.3, 0.4) is 0 Å². The van der Waals surface area contributed by atoms with Crippen LogP contribution in [-0.2, 0) is 13.5 Å². The van der Waals surface area contributed by atoms with Crippen LogP contribution < -0.4 is 10.2 Å². The highest BCUT2D eigenvalue weighted by Crippen LogP contribution is 2.26. The average molecular weight is 451 g/mol. The van der Waals surface area contributed by atoms with Gasteiger partial charge in [-0.3, -0.25) is 9.48 Å². The number of pyridine rings is 1. The van der Waals surface area contributed by atoms with E-state index >= 15 is 0 Å². The van der Waals surface area contributed by atoms with Crippen molar-refractivity contribution in [3.8, 4) is 0 Å². The monoisotopic (exact) mass is 450 g/mol. The van der Waals surface area contributed by atoms with E-state index in [1.165, 1.54) is 0 Å². The van der Waals surface area contributed by atoms with Crippen LogP contribution in [-0.4, -0.2) is 62.5 Å². The van der Waals surface area contributed by atoms with Gasteiger partial charge in [0.2, 0.25) is 0 Å². The first-order valence-corrected chi connectivity index (χ1v) is 10.7. The van der Waals surface area contributed by atoms with E-state index in [1.54, 1.807) is 29.2 Å². The van der Waals surface area contributed by atoms with Crippen LogP contribution in [0.25, 0.3) is 0 Å². The molecule has 1 aromatic carbocycles. The van der Waals surface area contributed by atoms with E-state index in [0.717, 1.165) is 24.9 Å². The molecule has 33 heavy (non-hydrogen) atoms. The molecule has 4 heterocycles. The molecule has 1 fully saturated rings. The lowest BCUT2D eigenvalue weighted by molar-refractivity contribution is 0.0839. The van der Waals surface area contributed by atoms with Gasteiger partial charge in [0, 0.05) is 57.8 Å². The lowest BCUT2D eigenvalue weighted by Crippen LogP contribution is -2.32. The molecule has 2 aliphatic rings. The van der Waals surface area contributed by atoms with Crippen molar-refractivity contribution < 1.29 is 15.0 Å². The van der Waals surface area contributed by atoms with Crippen molar-refractivity contribution in [1.82, 2.24) is 20.1 Å². The molecule has 0 radical (unpaired) electrons. The van der Waals surface area contributed by atoms with E-state index in [9.17, 15) is 9.90 Å². The fraction of sp³-hybridized carbons (Fsp3) is 0.333. The second-order valence-electron chi connectivity index (χ2n) is 8.07. The van der Waals surface area contributed by atoms with E-state index in [1.807, 2.05) is 55.4 Å². The average Bonchev–Trinajstić information content (AvgIpc) is 3.55. The first-order chi connectivity index (χ1) is 15.9. The first-order valence-electron chi connectivity index (χ1n) is 10.7. The third-order valence-corrected chi connectivity index (χ3v) is 5.28. The van der Waals surface area contributed by atoms with Gasteiger partial charge in [-0.15, -0.1) is 0 Å². The summed E-state index contributed by atoms with van der Waals surface area (Å²) < 4.78 is 1.75. The van der Waals surface area contributed by atoms with Gasteiger partial charge in [-0.25, -0.2) is 9.98 Å². The minimum atomic E-state index is -0.704. The van der Waals surface area contributed by atoms with Gasteiger partial charge in [0.1, 0.15) is 11.7 Å². The summed E-state index contributed by atoms with van der Waals surface area (Å²) >= 11 is 0. The number of aromatic nitrogens is 3. The molecule has 174 valence electrons. The van der Waals surface area contributed by atoms with Gasteiger partial charge in [-0.05, 0) is 43.2 Å². The normalized spacial score (nSPS) is 18.3. The van der Waals surface area contributed by atoms with Crippen molar-refractivity contribution >= 4 is 23.2 Å². The van der Waals surface area contributed by atoms with Crippen molar-refractivity contribution in [3.05, 3.63) is 72.2 Å². The van der Waals surface area contributed by atoms with Crippen molar-refractivity contribution in [1.29, 1.82) is 0 Å². The number of aliphatic imine (C=N–C) groups is 1. The lowest BCUT2D eigenvalue weighted by atomic mass is 10.1. The van der Waals surface area contributed by atoms with E-state index in [4.69, 9.17) is 5.11 Å². The quantitative estimate of drug-likeness (QED) is 0.551. The van der Waals surface area contributed by atoms with E-state index in [0.29, 0.717) is 36.6 Å². The number of carbonyl (C=O) groups excluding carboxylic acids is 1. The maximum absolute atomic E-state index is 12.6. The Morgan fingerprint density at radius 3 is 2.55 bits per heavy atom. The summed E-state index contributed by atoms with van der Waals surface area (Å²) in [5.41, 5.74) is 1.86. The minimum Gasteiger partial charge on any atom is -0.400 e. The number of fused-ring (bicyclic) bond motifs is 1. The van der Waals surface area contributed by atoms with Gasteiger partial charge in [0.05, 0.1) is 11.3 Å². The molecule has 9 nitrogen and oxygen atoms in total. The number of anilines is 1. The Hall–Kier alpha value is -3.56. The number of hydrogen-bond acceptors (Lipinski definition) is 7. The number of nitrogens with zero attached hydrogens (tertiary/aromatic N) is 5. The van der Waals surface area contributed by atoms with Crippen LogP contribution in [0.2, 0.25) is 0 Å². The number of aliphatic hydroxyl groups is 2. The second-order valence-corrected chi connectivity index (χ2v) is 8.07. The SMILES string of the molecule is CO.C[C@@]1(O)CCN(c2cc(C(=O)NC3=Nc4ccccc4C3)ccn2)C1.Cn1cccn1. The number of carbonyl (C=O) groups is 1. The largest absolute Gasteiger partial charge is 0.400 e. The highest BCUT2D eigenvalue weighted by molar-refractivity contribution is 6.09. The molecule has 5 rings (SSSR count). The molecular formula is C24H30N6O3. The number of aliphatic hydroxyl groups excluding tert-OH is 1. The van der Waals surface area contributed by atoms with Gasteiger partial charge >= 0.3 is 0 Å². The Morgan fingerprint density at radius 2 is 1.94 bits per heavy atom. The number of amides is 1. The van der Waals surface area contributed by atoms with E-state index < -0.39 is 5.60 Å². The molecule has 2 aliphatic heterocycles. The molecule has 0 saturated carbocycles. The van der Waals surface area contributed by atoms with Gasteiger partial charge in [-0.1, -0.05) is 18.2 Å². The van der Waals surface area contributed by atoms with Crippen LogP contribution in [0.1, 0.15) is 29.3 Å². The molecule has 0 bridgehead atoms. The number of hydrogen-bond donors (Lipinski definition) is 3. The molecular weight excluding hydrogens is 420 g/mol. The van der Waals surface area contributed by atoms with Crippen LogP contribution in [0.15, 0.2) is 66.0 Å². The summed E-state index contributed by atoms with van der Waals surface area (Å²) in [4.78, 5) is 23.4. The molecule has 1 amide bonds. The van der Waals surface area contributed by atoms with Crippen molar-refractivity contribution in [2.45, 2.75) is 25.4 Å². The fourth-order valence-corrected chi connectivity index (χ4v) is 3.63. The molecule has 0 unspecified atom stereocenters. The summed E-state index contributed by atoms with van der Waals surface area (Å²) in [5, 5.41) is 23.8. The van der Waals surface area contributed by atoms with E-state index in [-0.39, 0.29) is 5.91 Å². The molecule has 9 heteroatoms. The first kappa shape index (κ1) is 24.1. The minimum absolute atomic E-state index is 0.193. The Kier molecular flexibility index (Phi) is 7.92. The maximum atomic E-state index is 12.6. The second kappa shape index (κ2) is 10.8. The number of benzene rings is 1. The standard InChI is InChI=1S/C19H20N4O2.C4H6N2.CH4O/c1-19(25)7-9-23(12-19)17-11-14(6-8-20-17)18(24)22-16-10-13-4-2-3-5-15(13)21-16;1-6-4-2-3-5-6;1-2/h2-6,8,11,25H,7,9-10,12H2,1H3,(H,21,22,24);2-4H,1H3;2H,1H3/t19-;;/m1../s1. The highest BCUT2D eigenvalue weighted by atomic mass is 16.3. The third kappa shape index (κ3) is 6.47. The number of β-amino-alcohol motifs (C(OH)–C–C–N with tert-alkyl or cyclic N) is 1. The zero-order valence-electron chi connectivity index (χ0n) is 19.1. The smallest absolute Gasteiger partial charge is 0.256 e. The van der Waals surface area contributed by atoms with Crippen LogP contribution in [0.4, 0.5) is 11.5 Å². The summed E-state index contributed by atoms with van der Waals surface area (Å²) in [6, 6.07) is 13.2. The molecule has 0 aliphatic carbocycles.